The van der Waals surface area contributed by atoms with E-state index < -0.39 is 5.63 Å². The van der Waals surface area contributed by atoms with Crippen LogP contribution in [0.3, 0.4) is 0 Å². The number of hydrogen-bond acceptors (Lipinski definition) is 8. The largest absolute Gasteiger partial charge is 0.508 e. The minimum absolute atomic E-state index is 0.0237. The van der Waals surface area contributed by atoms with E-state index in [1.807, 2.05) is 11.8 Å². The van der Waals surface area contributed by atoms with Gasteiger partial charge in [-0.15, -0.1) is 0 Å². The predicted molar refractivity (Wildman–Crippen MR) is 126 cm³/mol. The van der Waals surface area contributed by atoms with Gasteiger partial charge in [0.1, 0.15) is 22.7 Å². The fraction of sp³-hybridized carbons (Fsp3) is 0.320. The van der Waals surface area contributed by atoms with Crippen molar-refractivity contribution in [2.45, 2.75) is 19.8 Å². The van der Waals surface area contributed by atoms with Crippen LogP contribution >= 0.6 is 0 Å². The Morgan fingerprint density at radius 2 is 2.00 bits per heavy atom. The molecule has 1 fully saturated rings. The van der Waals surface area contributed by atoms with E-state index in [0.29, 0.717) is 66.0 Å². The molecule has 0 saturated carbocycles. The van der Waals surface area contributed by atoms with E-state index in [-0.39, 0.29) is 28.7 Å². The Kier molecular flexibility index (Phi) is 5.79. The minimum atomic E-state index is -0.624. The highest BCUT2D eigenvalue weighted by molar-refractivity contribution is 6.00. The maximum absolute atomic E-state index is 14.6. The number of benzene rings is 2. The van der Waals surface area contributed by atoms with Crippen LogP contribution in [0.1, 0.15) is 18.9 Å². The summed E-state index contributed by atoms with van der Waals surface area (Å²) >= 11 is 0. The third-order valence-electron chi connectivity index (χ3n) is 6.05. The summed E-state index contributed by atoms with van der Waals surface area (Å²) in [7, 11) is 1.46. The molecule has 34 heavy (non-hydrogen) atoms. The van der Waals surface area contributed by atoms with Gasteiger partial charge in [-0.3, -0.25) is 0 Å². The van der Waals surface area contributed by atoms with E-state index in [4.69, 9.17) is 13.9 Å². The molecule has 2 aromatic heterocycles. The number of fused-ring (bicyclic) bond motifs is 2. The first-order valence-electron chi connectivity index (χ1n) is 11.2. The lowest BCUT2D eigenvalue weighted by atomic mass is 9.95. The number of phenolic OH excluding ortho intramolecular Hbond substituents is 1. The Balaban J connectivity index is 1.78. The lowest BCUT2D eigenvalue weighted by Gasteiger charge is -2.22. The summed E-state index contributed by atoms with van der Waals surface area (Å²) in [5.74, 6) is 0.211. The summed E-state index contributed by atoms with van der Waals surface area (Å²) in [5.41, 5.74) is 0.596. The number of hydrogen-bond donors (Lipinski definition) is 1. The Bertz CT molecular complexity index is 1440. The van der Waals surface area contributed by atoms with E-state index in [1.165, 1.54) is 19.2 Å². The Labute approximate surface area is 194 Å². The zero-order chi connectivity index (χ0) is 23.8. The topological polar surface area (TPSA) is 97.9 Å². The molecule has 1 aliphatic heterocycles. The fourth-order valence-electron chi connectivity index (χ4n) is 4.50. The summed E-state index contributed by atoms with van der Waals surface area (Å²) in [6, 6.07) is 7.72. The number of halogens is 1. The molecule has 0 spiro atoms. The monoisotopic (exact) mass is 465 g/mol. The number of ether oxygens (including phenoxy) is 2. The van der Waals surface area contributed by atoms with Crippen molar-refractivity contribution in [1.82, 2.24) is 9.97 Å². The van der Waals surface area contributed by atoms with Crippen molar-refractivity contribution in [2.24, 2.45) is 0 Å². The molecular formula is C25H24FN3O5. The Morgan fingerprint density at radius 3 is 2.79 bits per heavy atom. The highest BCUT2D eigenvalue weighted by Gasteiger charge is 2.22. The molecule has 2 aromatic carbocycles. The first-order chi connectivity index (χ1) is 16.5. The summed E-state index contributed by atoms with van der Waals surface area (Å²) in [6.07, 6.45) is 1.22. The van der Waals surface area contributed by atoms with Crippen LogP contribution in [0.2, 0.25) is 0 Å². The number of aromatic nitrogens is 2. The summed E-state index contributed by atoms with van der Waals surface area (Å²) in [4.78, 5) is 24.1. The zero-order valence-electron chi connectivity index (χ0n) is 18.9. The molecule has 0 unspecified atom stereocenters. The average Bonchev–Trinajstić information content (AvgIpc) is 3.12. The normalized spacial score (nSPS) is 14.5. The van der Waals surface area contributed by atoms with Crippen LogP contribution < -0.4 is 15.3 Å². The van der Waals surface area contributed by atoms with Crippen molar-refractivity contribution < 1.29 is 23.4 Å². The first-order valence-corrected chi connectivity index (χ1v) is 11.2. The second-order valence-electron chi connectivity index (χ2n) is 8.12. The third kappa shape index (κ3) is 3.81. The van der Waals surface area contributed by atoms with Crippen molar-refractivity contribution in [3.05, 3.63) is 52.1 Å². The number of methoxy groups -OCH3 is 1. The van der Waals surface area contributed by atoms with Crippen LogP contribution in [0.4, 0.5) is 10.2 Å². The molecule has 0 bridgehead atoms. The van der Waals surface area contributed by atoms with Crippen molar-refractivity contribution in [3.8, 4) is 23.1 Å². The molecule has 0 amide bonds. The molecule has 0 atom stereocenters. The number of aryl methyl sites for hydroxylation is 1. The molecule has 176 valence electrons. The number of phenols is 1. The number of nitrogens with zero attached hydrogens (tertiary/aromatic N) is 3. The molecule has 5 rings (SSSR count). The van der Waals surface area contributed by atoms with Gasteiger partial charge in [-0.2, -0.15) is 9.97 Å². The lowest BCUT2D eigenvalue weighted by molar-refractivity contribution is 0.152. The molecule has 4 aromatic rings. The molecule has 9 heteroatoms. The molecular weight excluding hydrogens is 441 g/mol. The second-order valence-corrected chi connectivity index (χ2v) is 8.12. The maximum Gasteiger partial charge on any atom is 0.349 e. The summed E-state index contributed by atoms with van der Waals surface area (Å²) < 4.78 is 31.2. The average molecular weight is 465 g/mol. The van der Waals surface area contributed by atoms with Gasteiger partial charge < -0.3 is 23.9 Å². The standard InChI is InChI=1S/C25H24FN3O5/c1-3-16-18(26)6-5-14-11-15(30)12-17(21(14)16)20-13-19-22(24(31)34-20)23(28-25(27-19)32-2)29-7-4-9-33-10-8-29/h5-6,11-13,30H,3-4,7-10H2,1-2H3. The minimum Gasteiger partial charge on any atom is -0.508 e. The van der Waals surface area contributed by atoms with Crippen LogP contribution in [-0.2, 0) is 11.2 Å². The van der Waals surface area contributed by atoms with Crippen LogP contribution in [-0.4, -0.2) is 48.5 Å². The van der Waals surface area contributed by atoms with Crippen LogP contribution in [0.25, 0.3) is 33.0 Å². The summed E-state index contributed by atoms with van der Waals surface area (Å²) in [5, 5.41) is 11.8. The number of anilines is 1. The second kappa shape index (κ2) is 8.90. The van der Waals surface area contributed by atoms with Crippen molar-refractivity contribution in [1.29, 1.82) is 0 Å². The highest BCUT2D eigenvalue weighted by atomic mass is 19.1. The number of rotatable bonds is 4. The first kappa shape index (κ1) is 22.1. The predicted octanol–water partition coefficient (Wildman–Crippen LogP) is 4.05. The van der Waals surface area contributed by atoms with E-state index in [2.05, 4.69) is 9.97 Å². The molecule has 0 radical (unpaired) electrons. The van der Waals surface area contributed by atoms with Gasteiger partial charge in [0, 0.05) is 31.3 Å². The fourth-order valence-corrected chi connectivity index (χ4v) is 4.50. The lowest BCUT2D eigenvalue weighted by Crippen LogP contribution is -2.28. The summed E-state index contributed by atoms with van der Waals surface area (Å²) in [6.45, 7) is 4.22. The van der Waals surface area contributed by atoms with E-state index in [1.54, 1.807) is 18.2 Å². The maximum atomic E-state index is 14.6. The van der Waals surface area contributed by atoms with Crippen molar-refractivity contribution >= 4 is 27.5 Å². The Hall–Kier alpha value is -3.72. The molecule has 1 N–H and O–H groups in total. The van der Waals surface area contributed by atoms with Crippen LogP contribution in [0.15, 0.2) is 39.5 Å². The van der Waals surface area contributed by atoms with Crippen LogP contribution in [0, 0.1) is 5.82 Å². The molecule has 0 aliphatic carbocycles. The van der Waals surface area contributed by atoms with Crippen LogP contribution in [0.5, 0.6) is 11.8 Å². The zero-order valence-corrected chi connectivity index (χ0v) is 18.9. The Morgan fingerprint density at radius 1 is 1.15 bits per heavy atom. The number of aromatic hydroxyl groups is 1. The van der Waals surface area contributed by atoms with Gasteiger partial charge in [-0.05, 0) is 47.4 Å². The molecule has 1 saturated heterocycles. The quantitative estimate of drug-likeness (QED) is 0.482. The van der Waals surface area contributed by atoms with E-state index in [9.17, 15) is 14.3 Å². The van der Waals surface area contributed by atoms with Gasteiger partial charge in [-0.1, -0.05) is 13.0 Å². The van der Waals surface area contributed by atoms with Gasteiger partial charge in [0.2, 0.25) is 0 Å². The van der Waals surface area contributed by atoms with E-state index >= 15 is 0 Å². The van der Waals surface area contributed by atoms with Gasteiger partial charge in [0.05, 0.1) is 19.2 Å². The smallest absolute Gasteiger partial charge is 0.349 e. The molecule has 1 aliphatic rings. The third-order valence-corrected chi connectivity index (χ3v) is 6.05. The SMILES string of the molecule is CCc1c(F)ccc2cc(O)cc(-c3cc4nc(OC)nc(N5CCCOCC5)c4c(=O)o3)c12. The van der Waals surface area contributed by atoms with Crippen molar-refractivity contribution in [3.63, 3.8) is 0 Å². The molecule has 3 heterocycles. The molecule has 8 nitrogen and oxygen atoms in total. The van der Waals surface area contributed by atoms with Gasteiger partial charge in [0.15, 0.2) is 5.82 Å². The van der Waals surface area contributed by atoms with Gasteiger partial charge >= 0.3 is 11.6 Å². The van der Waals surface area contributed by atoms with Crippen molar-refractivity contribution in [2.75, 3.05) is 38.3 Å². The van der Waals surface area contributed by atoms with E-state index in [0.717, 1.165) is 6.42 Å². The van der Waals surface area contributed by atoms with Gasteiger partial charge in [0.25, 0.3) is 0 Å². The highest BCUT2D eigenvalue weighted by Crippen LogP contribution is 2.37. The van der Waals surface area contributed by atoms with Gasteiger partial charge in [-0.25, -0.2) is 9.18 Å².